The Hall–Kier alpha value is -3.74. The Balaban J connectivity index is 1.37. The highest BCUT2D eigenvalue weighted by Crippen LogP contribution is 2.48. The molecule has 3 N–H and O–H groups in total. The predicted octanol–water partition coefficient (Wildman–Crippen LogP) is 4.59. The fourth-order valence-electron chi connectivity index (χ4n) is 5.70. The van der Waals surface area contributed by atoms with E-state index < -0.39 is 17.8 Å². The normalized spacial score (nSPS) is 20.5. The van der Waals surface area contributed by atoms with Gasteiger partial charge in [-0.3, -0.25) is 9.59 Å². The number of nitrogens with zero attached hydrogens (tertiary/aromatic N) is 5. The monoisotopic (exact) mass is 601 g/mol. The molecule has 4 heterocycles. The molecule has 1 aromatic carbocycles. The van der Waals surface area contributed by atoms with Crippen LogP contribution in [-0.2, 0) is 22.3 Å². The molecule has 1 aliphatic carbocycles. The summed E-state index contributed by atoms with van der Waals surface area (Å²) in [5, 5.41) is 3.33. The summed E-state index contributed by atoms with van der Waals surface area (Å²) in [6.45, 7) is 3.16. The number of alkyl halides is 3. The zero-order chi connectivity index (χ0) is 27.8. The van der Waals surface area contributed by atoms with Crippen LogP contribution in [0.15, 0.2) is 35.2 Å². The molecule has 1 aliphatic heterocycles. The summed E-state index contributed by atoms with van der Waals surface area (Å²) in [7, 11) is 0. The molecule has 1 unspecified atom stereocenters. The summed E-state index contributed by atoms with van der Waals surface area (Å²) in [6, 6.07) is 4.91. The van der Waals surface area contributed by atoms with Gasteiger partial charge < -0.3 is 20.5 Å². The molecule has 1 saturated carbocycles. The van der Waals surface area contributed by atoms with E-state index in [9.17, 15) is 22.8 Å². The molecule has 3 atom stereocenters. The van der Waals surface area contributed by atoms with Crippen molar-refractivity contribution in [3.05, 3.63) is 51.9 Å². The molecule has 0 bridgehead atoms. The molecular formula is C26H23BrF3N7O2. The highest BCUT2D eigenvalue weighted by atomic mass is 79.9. The minimum Gasteiger partial charge on any atom is -0.383 e. The standard InChI is InChI=1S/C26H23BrF3N7O2/c1-11-3-4-18(27)34-23(11)35-25(39)17-7-13-6-16(13)37(17)19(38)9-36-21-12(2)5-14(26(28,29)30)8-15(21)20-22(31)32-10-33-24(20)36/h3-5,8,10,13,16-17H,6-7,9H2,1-2H3,(H2,31,32,33)(H,34,35,39)/t13-,16?,17+/m1/s1. The van der Waals surface area contributed by atoms with Gasteiger partial charge in [-0.15, -0.1) is 0 Å². The molecule has 13 heteroatoms. The minimum atomic E-state index is -4.56. The summed E-state index contributed by atoms with van der Waals surface area (Å²) in [5.41, 5.74) is 7.03. The van der Waals surface area contributed by atoms with Gasteiger partial charge in [-0.05, 0) is 77.9 Å². The molecule has 202 valence electrons. The maximum atomic E-state index is 13.8. The Bertz CT molecular complexity index is 1690. The second kappa shape index (κ2) is 8.90. The van der Waals surface area contributed by atoms with E-state index in [1.165, 1.54) is 6.33 Å². The van der Waals surface area contributed by atoms with E-state index in [-0.39, 0.29) is 52.6 Å². The largest absolute Gasteiger partial charge is 0.416 e. The molecule has 0 spiro atoms. The van der Waals surface area contributed by atoms with Crippen molar-refractivity contribution in [3.63, 3.8) is 0 Å². The van der Waals surface area contributed by atoms with Gasteiger partial charge in [0.15, 0.2) is 0 Å². The van der Waals surface area contributed by atoms with E-state index in [0.717, 1.165) is 24.1 Å². The molecule has 9 nitrogen and oxygen atoms in total. The number of carbonyl (C=O) groups is 2. The van der Waals surface area contributed by atoms with Crippen LogP contribution in [0.1, 0.15) is 29.5 Å². The Morgan fingerprint density at radius 2 is 1.92 bits per heavy atom. The molecule has 0 radical (unpaired) electrons. The van der Waals surface area contributed by atoms with Gasteiger partial charge in [-0.2, -0.15) is 13.2 Å². The van der Waals surface area contributed by atoms with Gasteiger partial charge in [0.1, 0.15) is 40.8 Å². The van der Waals surface area contributed by atoms with E-state index in [1.54, 1.807) is 22.5 Å². The fraction of sp³-hybridized carbons (Fsp3) is 0.346. The Labute approximate surface area is 228 Å². The van der Waals surface area contributed by atoms with E-state index in [4.69, 9.17) is 5.73 Å². The maximum Gasteiger partial charge on any atom is 0.416 e. The lowest BCUT2D eigenvalue weighted by atomic mass is 10.1. The molecular weight excluding hydrogens is 579 g/mol. The first kappa shape index (κ1) is 25.5. The number of nitrogen functional groups attached to an aromatic ring is 1. The number of aryl methyl sites for hydroxylation is 2. The van der Waals surface area contributed by atoms with E-state index in [2.05, 4.69) is 36.2 Å². The van der Waals surface area contributed by atoms with Crippen molar-refractivity contribution in [2.75, 3.05) is 11.1 Å². The number of rotatable bonds is 4. The maximum absolute atomic E-state index is 13.8. The van der Waals surface area contributed by atoms with Gasteiger partial charge in [0.25, 0.3) is 0 Å². The third-order valence-corrected chi connectivity index (χ3v) is 8.01. The van der Waals surface area contributed by atoms with Crippen LogP contribution in [0.3, 0.4) is 0 Å². The van der Waals surface area contributed by atoms with E-state index in [0.29, 0.717) is 27.9 Å². The average Bonchev–Trinajstić information content (AvgIpc) is 3.40. The summed E-state index contributed by atoms with van der Waals surface area (Å²) in [6.07, 6.45) is -2.01. The number of nitrogens with one attached hydrogen (secondary N) is 1. The predicted molar refractivity (Wildman–Crippen MR) is 142 cm³/mol. The SMILES string of the molecule is Cc1ccc(Br)nc1NC(=O)[C@@H]1C[C@H]2CC2N1C(=O)Cn1c2ncnc(N)c2c2cc(C(F)(F)F)cc(C)c21. The molecule has 3 aromatic heterocycles. The van der Waals surface area contributed by atoms with Crippen LogP contribution in [0.2, 0.25) is 0 Å². The molecule has 39 heavy (non-hydrogen) atoms. The lowest BCUT2D eigenvalue weighted by Gasteiger charge is -2.27. The number of fused-ring (bicyclic) bond motifs is 4. The van der Waals surface area contributed by atoms with Gasteiger partial charge in [0, 0.05) is 11.4 Å². The Morgan fingerprint density at radius 1 is 1.15 bits per heavy atom. The Morgan fingerprint density at radius 3 is 2.67 bits per heavy atom. The van der Waals surface area contributed by atoms with Crippen molar-refractivity contribution in [1.82, 2.24) is 24.4 Å². The molecule has 4 aromatic rings. The number of likely N-dealkylation sites (tertiary alicyclic amines) is 1. The number of halogens is 4. The summed E-state index contributed by atoms with van der Waals surface area (Å²) in [5.74, 6) is 0.00683. The van der Waals surface area contributed by atoms with Crippen LogP contribution in [0, 0.1) is 19.8 Å². The zero-order valence-corrected chi connectivity index (χ0v) is 22.5. The van der Waals surface area contributed by atoms with Crippen molar-refractivity contribution < 1.29 is 22.8 Å². The highest BCUT2D eigenvalue weighted by molar-refractivity contribution is 9.10. The third kappa shape index (κ3) is 4.28. The number of anilines is 2. The van der Waals surface area contributed by atoms with Gasteiger partial charge >= 0.3 is 6.18 Å². The highest BCUT2D eigenvalue weighted by Gasteiger charge is 2.56. The van der Waals surface area contributed by atoms with E-state index in [1.807, 2.05) is 13.0 Å². The lowest BCUT2D eigenvalue weighted by Crippen LogP contribution is -2.46. The third-order valence-electron chi connectivity index (χ3n) is 7.57. The number of pyridine rings is 1. The molecule has 2 fully saturated rings. The fourth-order valence-corrected chi connectivity index (χ4v) is 6.01. The molecule has 6 rings (SSSR count). The smallest absolute Gasteiger partial charge is 0.383 e. The quantitative estimate of drug-likeness (QED) is 0.330. The lowest BCUT2D eigenvalue weighted by molar-refractivity contribution is -0.138. The van der Waals surface area contributed by atoms with Gasteiger partial charge in [-0.25, -0.2) is 15.0 Å². The summed E-state index contributed by atoms with van der Waals surface area (Å²) >= 11 is 3.31. The van der Waals surface area contributed by atoms with Crippen LogP contribution in [0.25, 0.3) is 21.9 Å². The number of hydrogen-bond acceptors (Lipinski definition) is 6. The van der Waals surface area contributed by atoms with Crippen molar-refractivity contribution in [1.29, 1.82) is 0 Å². The minimum absolute atomic E-state index is 0.0208. The number of nitrogens with two attached hydrogens (primary N) is 1. The molecule has 1 saturated heterocycles. The summed E-state index contributed by atoms with van der Waals surface area (Å²) < 4.78 is 43.0. The van der Waals surface area contributed by atoms with Crippen LogP contribution in [0.5, 0.6) is 0 Å². The first-order valence-corrected chi connectivity index (χ1v) is 13.1. The second-order valence-electron chi connectivity index (χ2n) is 10.1. The topological polar surface area (TPSA) is 119 Å². The van der Waals surface area contributed by atoms with Gasteiger partial charge in [-0.1, -0.05) is 6.07 Å². The van der Waals surface area contributed by atoms with Crippen molar-refractivity contribution in [2.45, 2.75) is 51.5 Å². The second-order valence-corrected chi connectivity index (χ2v) is 10.9. The number of aromatic nitrogens is 4. The number of hydrogen-bond donors (Lipinski definition) is 2. The molecule has 2 aliphatic rings. The summed E-state index contributed by atoms with van der Waals surface area (Å²) in [4.78, 5) is 41.3. The average molecular weight is 602 g/mol. The number of carbonyl (C=O) groups excluding carboxylic acids is 2. The first-order valence-electron chi connectivity index (χ1n) is 12.3. The Kier molecular flexibility index (Phi) is 5.83. The van der Waals surface area contributed by atoms with E-state index >= 15 is 0 Å². The first-order chi connectivity index (χ1) is 18.4. The number of amides is 2. The van der Waals surface area contributed by atoms with Gasteiger partial charge in [0.2, 0.25) is 11.8 Å². The molecule has 2 amide bonds. The number of piperidine rings is 1. The van der Waals surface area contributed by atoms with Crippen LogP contribution in [-0.4, -0.2) is 48.3 Å². The van der Waals surface area contributed by atoms with Gasteiger partial charge in [0.05, 0.1) is 16.5 Å². The van der Waals surface area contributed by atoms with Crippen molar-refractivity contribution >= 4 is 61.3 Å². The van der Waals surface area contributed by atoms with Crippen LogP contribution >= 0.6 is 15.9 Å². The van der Waals surface area contributed by atoms with Crippen molar-refractivity contribution in [2.24, 2.45) is 5.92 Å². The number of benzene rings is 1. The van der Waals surface area contributed by atoms with Crippen LogP contribution in [0.4, 0.5) is 24.8 Å². The zero-order valence-electron chi connectivity index (χ0n) is 20.9. The van der Waals surface area contributed by atoms with Crippen molar-refractivity contribution in [3.8, 4) is 0 Å². The van der Waals surface area contributed by atoms with Crippen LogP contribution < -0.4 is 11.1 Å².